The summed E-state index contributed by atoms with van der Waals surface area (Å²) < 4.78 is 49.5. The lowest BCUT2D eigenvalue weighted by Gasteiger charge is -2.37. The van der Waals surface area contributed by atoms with Crippen molar-refractivity contribution in [1.82, 2.24) is 14.9 Å². The predicted octanol–water partition coefficient (Wildman–Crippen LogP) is 0.879. The summed E-state index contributed by atoms with van der Waals surface area (Å²) in [6, 6.07) is 10.9. The van der Waals surface area contributed by atoms with Crippen LogP contribution in [0.1, 0.15) is 0 Å². The summed E-state index contributed by atoms with van der Waals surface area (Å²) >= 11 is 0. The SMILES string of the molecule is COc1cc2nc(N3CCN(C(=O)C4COc5ccccc5O4)CC3)nc(N)c2cc1OC.CS(=O)(=O)[O-]. The third-order valence-corrected chi connectivity index (χ3v) is 5.88. The summed E-state index contributed by atoms with van der Waals surface area (Å²) in [4.78, 5) is 26.0. The van der Waals surface area contributed by atoms with Crippen molar-refractivity contribution in [1.29, 1.82) is 0 Å². The Morgan fingerprint density at radius 3 is 2.29 bits per heavy atom. The van der Waals surface area contributed by atoms with Gasteiger partial charge < -0.3 is 39.0 Å². The van der Waals surface area contributed by atoms with E-state index < -0.39 is 16.2 Å². The molecular formula is C24H28N5O8S-. The number of piperazine rings is 1. The molecule has 14 heteroatoms. The molecule has 1 amide bonds. The average molecular weight is 547 g/mol. The summed E-state index contributed by atoms with van der Waals surface area (Å²) in [5.74, 6) is 3.18. The van der Waals surface area contributed by atoms with Crippen molar-refractivity contribution in [3.8, 4) is 23.0 Å². The van der Waals surface area contributed by atoms with Crippen molar-refractivity contribution in [2.24, 2.45) is 0 Å². The Hall–Kier alpha value is -4.04. The van der Waals surface area contributed by atoms with E-state index >= 15 is 0 Å². The van der Waals surface area contributed by atoms with Crippen LogP contribution in [0, 0.1) is 0 Å². The second kappa shape index (κ2) is 11.1. The van der Waals surface area contributed by atoms with Gasteiger partial charge in [-0.25, -0.2) is 13.4 Å². The number of amides is 1. The van der Waals surface area contributed by atoms with E-state index in [0.717, 1.165) is 0 Å². The van der Waals surface area contributed by atoms with Crippen LogP contribution in [0.2, 0.25) is 0 Å². The van der Waals surface area contributed by atoms with Gasteiger partial charge in [0.1, 0.15) is 12.4 Å². The number of carbonyl (C=O) groups excluding carboxylic acids is 1. The second-order valence-electron chi connectivity index (χ2n) is 8.51. The predicted molar refractivity (Wildman–Crippen MR) is 138 cm³/mol. The summed E-state index contributed by atoms with van der Waals surface area (Å²) in [6.45, 7) is 2.40. The Morgan fingerprint density at radius 1 is 1.05 bits per heavy atom. The highest BCUT2D eigenvalue weighted by molar-refractivity contribution is 7.84. The third kappa shape index (κ3) is 6.26. The van der Waals surface area contributed by atoms with E-state index in [4.69, 9.17) is 37.7 Å². The number of nitrogens with zero attached hydrogens (tertiary/aromatic N) is 4. The number of fused-ring (bicyclic) bond motifs is 2. The average Bonchev–Trinajstić information content (AvgIpc) is 2.90. The van der Waals surface area contributed by atoms with Crippen LogP contribution in [0.5, 0.6) is 23.0 Å². The van der Waals surface area contributed by atoms with Crippen molar-refractivity contribution in [3.05, 3.63) is 36.4 Å². The lowest BCUT2D eigenvalue weighted by Crippen LogP contribution is -2.54. The number of benzene rings is 2. The normalized spacial score (nSPS) is 16.9. The van der Waals surface area contributed by atoms with Crippen LogP contribution in [0.4, 0.5) is 11.8 Å². The number of nitrogen functional groups attached to an aromatic ring is 1. The zero-order valence-electron chi connectivity index (χ0n) is 21.1. The van der Waals surface area contributed by atoms with Crippen molar-refractivity contribution >= 4 is 38.7 Å². The zero-order chi connectivity index (χ0) is 27.4. The molecule has 3 heterocycles. The van der Waals surface area contributed by atoms with Crippen LogP contribution >= 0.6 is 0 Å². The molecule has 2 aliphatic heterocycles. The van der Waals surface area contributed by atoms with E-state index in [1.165, 1.54) is 0 Å². The topological polar surface area (TPSA) is 169 Å². The molecule has 0 radical (unpaired) electrons. The fourth-order valence-corrected chi connectivity index (χ4v) is 4.08. The van der Waals surface area contributed by atoms with Gasteiger partial charge in [-0.05, 0) is 18.2 Å². The lowest BCUT2D eigenvalue weighted by molar-refractivity contribution is -0.141. The molecule has 2 N–H and O–H groups in total. The molecule has 13 nitrogen and oxygen atoms in total. The smallest absolute Gasteiger partial charge is 0.267 e. The van der Waals surface area contributed by atoms with Crippen LogP contribution in [-0.4, -0.2) is 93.1 Å². The largest absolute Gasteiger partial charge is 0.748 e. The Labute approximate surface area is 219 Å². The number of ether oxygens (including phenoxy) is 4. The third-order valence-electron chi connectivity index (χ3n) is 5.88. The van der Waals surface area contributed by atoms with Crippen LogP contribution in [-0.2, 0) is 14.9 Å². The number of hydrogen-bond donors (Lipinski definition) is 1. The summed E-state index contributed by atoms with van der Waals surface area (Å²) in [7, 11) is -0.774. The highest BCUT2D eigenvalue weighted by Gasteiger charge is 2.33. The maximum atomic E-state index is 13.0. The van der Waals surface area contributed by atoms with E-state index in [1.807, 2.05) is 23.1 Å². The van der Waals surface area contributed by atoms with Gasteiger partial charge in [-0.3, -0.25) is 4.79 Å². The van der Waals surface area contributed by atoms with Crippen LogP contribution < -0.4 is 29.6 Å². The second-order valence-corrected chi connectivity index (χ2v) is 9.92. The van der Waals surface area contributed by atoms with Crippen molar-refractivity contribution < 1.29 is 36.7 Å². The van der Waals surface area contributed by atoms with Gasteiger partial charge in [0.05, 0.1) is 29.9 Å². The molecule has 1 unspecified atom stereocenters. The number of para-hydroxylation sites is 2. The van der Waals surface area contributed by atoms with Crippen molar-refractivity contribution in [3.63, 3.8) is 0 Å². The molecule has 0 bridgehead atoms. The Kier molecular flexibility index (Phi) is 7.92. The molecule has 204 valence electrons. The van der Waals surface area contributed by atoms with Gasteiger partial charge in [-0.2, -0.15) is 4.98 Å². The van der Waals surface area contributed by atoms with Crippen molar-refractivity contribution in [2.75, 3.05) is 63.9 Å². The Bertz CT molecular complexity index is 1420. The van der Waals surface area contributed by atoms with Gasteiger partial charge in [0.15, 0.2) is 23.0 Å². The van der Waals surface area contributed by atoms with E-state index in [-0.39, 0.29) is 12.5 Å². The minimum Gasteiger partial charge on any atom is -0.748 e. The van der Waals surface area contributed by atoms with Gasteiger partial charge in [-0.15, -0.1) is 0 Å². The Balaban J connectivity index is 0.000000617. The first-order valence-corrected chi connectivity index (χ1v) is 13.4. The Morgan fingerprint density at radius 2 is 1.66 bits per heavy atom. The first-order chi connectivity index (χ1) is 18.1. The molecule has 1 saturated heterocycles. The molecule has 1 fully saturated rings. The molecule has 2 aromatic carbocycles. The molecule has 1 aromatic heterocycles. The molecule has 2 aliphatic rings. The number of nitrogens with two attached hydrogens (primary N) is 1. The number of aromatic nitrogens is 2. The fourth-order valence-electron chi connectivity index (χ4n) is 4.08. The molecule has 5 rings (SSSR count). The standard InChI is InChI=1S/C23H25N5O5.CH4O3S/c1-30-18-11-14-15(12-19(18)31-2)25-23(26-21(14)24)28-9-7-27(8-10-28)22(29)20-13-32-16-5-3-4-6-17(16)33-20;1-5(2,3)4/h3-6,11-12,20H,7-10,13H2,1-2H3,(H2,24,25,26);1H3,(H,2,3,4)/p-1. The van der Waals surface area contributed by atoms with Crippen LogP contribution in [0.3, 0.4) is 0 Å². The van der Waals surface area contributed by atoms with Gasteiger partial charge in [0, 0.05) is 43.9 Å². The molecule has 38 heavy (non-hydrogen) atoms. The van der Waals surface area contributed by atoms with E-state index in [1.54, 1.807) is 37.3 Å². The van der Waals surface area contributed by atoms with Crippen LogP contribution in [0.15, 0.2) is 36.4 Å². The number of hydrogen-bond acceptors (Lipinski definition) is 12. The fraction of sp³-hybridized carbons (Fsp3) is 0.375. The first kappa shape index (κ1) is 27.0. The number of carbonyl (C=O) groups is 1. The maximum Gasteiger partial charge on any atom is 0.267 e. The maximum absolute atomic E-state index is 13.0. The molecule has 0 saturated carbocycles. The van der Waals surface area contributed by atoms with Crippen molar-refractivity contribution in [2.45, 2.75) is 6.10 Å². The number of methoxy groups -OCH3 is 2. The van der Waals surface area contributed by atoms with E-state index in [2.05, 4.69) is 9.97 Å². The van der Waals surface area contributed by atoms with Crippen LogP contribution in [0.25, 0.3) is 10.9 Å². The minimum absolute atomic E-state index is 0.0834. The quantitative estimate of drug-likeness (QED) is 0.459. The van der Waals surface area contributed by atoms with E-state index in [9.17, 15) is 4.79 Å². The monoisotopic (exact) mass is 546 g/mol. The van der Waals surface area contributed by atoms with Gasteiger partial charge in [0.25, 0.3) is 5.91 Å². The molecule has 0 aliphatic carbocycles. The highest BCUT2D eigenvalue weighted by Crippen LogP contribution is 2.34. The molecule has 0 spiro atoms. The lowest BCUT2D eigenvalue weighted by atomic mass is 10.2. The minimum atomic E-state index is -3.92. The van der Waals surface area contributed by atoms with Gasteiger partial charge in [0.2, 0.25) is 12.1 Å². The number of anilines is 2. The summed E-state index contributed by atoms with van der Waals surface area (Å²) in [5.41, 5.74) is 6.89. The van der Waals surface area contributed by atoms with E-state index in [0.29, 0.717) is 78.1 Å². The summed E-state index contributed by atoms with van der Waals surface area (Å²) in [6.07, 6.45) is -0.0473. The highest BCUT2D eigenvalue weighted by atomic mass is 32.2. The summed E-state index contributed by atoms with van der Waals surface area (Å²) in [5, 5.41) is 0.694. The van der Waals surface area contributed by atoms with Gasteiger partial charge in [-0.1, -0.05) is 12.1 Å². The first-order valence-electron chi connectivity index (χ1n) is 11.6. The molecule has 3 aromatic rings. The number of rotatable bonds is 4. The molecule has 1 atom stereocenters. The molecular weight excluding hydrogens is 518 g/mol. The zero-order valence-corrected chi connectivity index (χ0v) is 21.9. The van der Waals surface area contributed by atoms with Gasteiger partial charge >= 0.3 is 0 Å².